The third-order valence-electron chi connectivity index (χ3n) is 2.52. The Hall–Kier alpha value is -1.05. The van der Waals surface area contributed by atoms with Crippen molar-refractivity contribution in [2.24, 2.45) is 0 Å². The van der Waals surface area contributed by atoms with Gasteiger partial charge in [-0.15, -0.1) is 10.2 Å². The number of anilines is 1. The lowest BCUT2D eigenvalue weighted by atomic mass is 10.3. The van der Waals surface area contributed by atoms with Gasteiger partial charge in [0.25, 0.3) is 0 Å². The van der Waals surface area contributed by atoms with Crippen LogP contribution in [-0.2, 0) is 12.3 Å². The van der Waals surface area contributed by atoms with Crippen molar-refractivity contribution in [3.05, 3.63) is 23.7 Å². The van der Waals surface area contributed by atoms with E-state index >= 15 is 0 Å². The van der Waals surface area contributed by atoms with Gasteiger partial charge in [0.05, 0.1) is 12.3 Å². The average Bonchev–Trinajstić information content (AvgIpc) is 3.03. The molecule has 0 radical (unpaired) electrons. The van der Waals surface area contributed by atoms with Gasteiger partial charge in [-0.1, -0.05) is 36.9 Å². The summed E-state index contributed by atoms with van der Waals surface area (Å²) in [7, 11) is 3.94. The number of aromatic nitrogens is 2. The highest BCUT2D eigenvalue weighted by Crippen LogP contribution is 2.29. The summed E-state index contributed by atoms with van der Waals surface area (Å²) in [5.41, 5.74) is 0. The maximum atomic E-state index is 5.77. The van der Waals surface area contributed by atoms with Crippen molar-refractivity contribution in [2.75, 3.05) is 19.0 Å². The van der Waals surface area contributed by atoms with E-state index in [1.165, 1.54) is 0 Å². The first kappa shape index (κ1) is 15.3. The first-order valence-corrected chi connectivity index (χ1v) is 8.29. The van der Waals surface area contributed by atoms with Crippen LogP contribution in [0.4, 0.5) is 5.13 Å². The second-order valence-corrected chi connectivity index (χ2v) is 7.12. The molecule has 0 saturated heterocycles. The third-order valence-corrected chi connectivity index (χ3v) is 4.76. The molecule has 2 aromatic heterocycles. The average molecular weight is 312 g/mol. The van der Waals surface area contributed by atoms with Crippen LogP contribution < -0.4 is 10.2 Å². The summed E-state index contributed by atoms with van der Waals surface area (Å²) in [5, 5.41) is 12.5. The topological polar surface area (TPSA) is 54.2 Å². The van der Waals surface area contributed by atoms with E-state index in [0.717, 1.165) is 33.3 Å². The molecule has 0 saturated carbocycles. The molecule has 0 amide bonds. The molecule has 0 aliphatic rings. The molecule has 0 aromatic carbocycles. The molecule has 0 aliphatic carbocycles. The summed E-state index contributed by atoms with van der Waals surface area (Å²) in [5.74, 6) is 2.72. The fourth-order valence-electron chi connectivity index (χ4n) is 1.47. The van der Waals surface area contributed by atoms with Crippen LogP contribution in [0.25, 0.3) is 0 Å². The van der Waals surface area contributed by atoms with Crippen LogP contribution in [0.15, 0.2) is 20.9 Å². The van der Waals surface area contributed by atoms with Gasteiger partial charge in [0, 0.05) is 20.1 Å². The summed E-state index contributed by atoms with van der Waals surface area (Å²) in [6, 6.07) is 4.51. The first-order chi connectivity index (χ1) is 9.54. The lowest BCUT2D eigenvalue weighted by Gasteiger charge is -2.04. The van der Waals surface area contributed by atoms with E-state index in [-0.39, 0.29) is 0 Å². The van der Waals surface area contributed by atoms with Crippen molar-refractivity contribution in [1.82, 2.24) is 15.5 Å². The van der Waals surface area contributed by atoms with Gasteiger partial charge in [-0.05, 0) is 12.1 Å². The highest BCUT2D eigenvalue weighted by Gasteiger charge is 2.08. The summed E-state index contributed by atoms with van der Waals surface area (Å²) < 4.78 is 6.74. The van der Waals surface area contributed by atoms with Crippen LogP contribution >= 0.6 is 23.1 Å². The van der Waals surface area contributed by atoms with Gasteiger partial charge in [-0.2, -0.15) is 0 Å². The Kier molecular flexibility index (Phi) is 5.45. The summed E-state index contributed by atoms with van der Waals surface area (Å²) >= 11 is 3.25. The normalized spacial score (nSPS) is 11.2. The molecule has 1 N–H and O–H groups in total. The molecule has 0 aliphatic heterocycles. The van der Waals surface area contributed by atoms with E-state index in [1.54, 1.807) is 23.1 Å². The summed E-state index contributed by atoms with van der Waals surface area (Å²) in [4.78, 5) is 1.96. The molecule has 7 heteroatoms. The van der Waals surface area contributed by atoms with Crippen molar-refractivity contribution >= 4 is 28.2 Å². The number of hydrogen-bond acceptors (Lipinski definition) is 7. The fraction of sp³-hybridized carbons (Fsp3) is 0.538. The van der Waals surface area contributed by atoms with E-state index < -0.39 is 0 Å². The smallest absolute Gasteiger partial charge is 0.208 e. The maximum absolute atomic E-state index is 5.77. The van der Waals surface area contributed by atoms with Crippen molar-refractivity contribution in [1.29, 1.82) is 0 Å². The van der Waals surface area contributed by atoms with E-state index in [2.05, 4.69) is 29.4 Å². The van der Waals surface area contributed by atoms with Gasteiger partial charge >= 0.3 is 0 Å². The highest BCUT2D eigenvalue weighted by atomic mass is 32.2. The standard InChI is InChI=1S/C13H20N4OS2/c1-9(2)14-7-10-5-6-11(18-10)8-19-13-16-15-12(20-13)17(3)4/h5-6,9,14H,7-8H2,1-4H3. The molecule has 0 fully saturated rings. The Bertz CT molecular complexity index is 536. The van der Waals surface area contributed by atoms with Crippen molar-refractivity contribution in [2.45, 2.75) is 36.5 Å². The van der Waals surface area contributed by atoms with Gasteiger partial charge in [0.1, 0.15) is 11.5 Å². The molecule has 2 heterocycles. The van der Waals surface area contributed by atoms with E-state index in [1.807, 2.05) is 31.1 Å². The largest absolute Gasteiger partial charge is 0.464 e. The van der Waals surface area contributed by atoms with Gasteiger partial charge in [-0.25, -0.2) is 0 Å². The fourth-order valence-corrected chi connectivity index (χ4v) is 3.13. The number of furan rings is 1. The van der Waals surface area contributed by atoms with Gasteiger partial charge in [-0.3, -0.25) is 0 Å². The van der Waals surface area contributed by atoms with Crippen molar-refractivity contribution in [3.8, 4) is 0 Å². The molecule has 2 rings (SSSR count). The van der Waals surface area contributed by atoms with Crippen LogP contribution in [0.5, 0.6) is 0 Å². The third kappa shape index (κ3) is 4.50. The van der Waals surface area contributed by atoms with Crippen molar-refractivity contribution < 1.29 is 4.42 Å². The zero-order chi connectivity index (χ0) is 14.5. The van der Waals surface area contributed by atoms with Crippen LogP contribution in [0.1, 0.15) is 25.4 Å². The Morgan fingerprint density at radius 2 is 2.05 bits per heavy atom. The monoisotopic (exact) mass is 312 g/mol. The Morgan fingerprint density at radius 1 is 1.30 bits per heavy atom. The molecule has 0 unspecified atom stereocenters. The number of rotatable bonds is 7. The molecule has 2 aromatic rings. The lowest BCUT2D eigenvalue weighted by Crippen LogP contribution is -2.21. The predicted molar refractivity (Wildman–Crippen MR) is 84.5 cm³/mol. The number of hydrogen-bond donors (Lipinski definition) is 1. The van der Waals surface area contributed by atoms with Crippen LogP contribution in [-0.4, -0.2) is 30.3 Å². The first-order valence-electron chi connectivity index (χ1n) is 6.49. The van der Waals surface area contributed by atoms with Crippen LogP contribution in [0, 0.1) is 0 Å². The van der Waals surface area contributed by atoms with E-state index in [4.69, 9.17) is 4.42 Å². The number of nitrogens with one attached hydrogen (secondary N) is 1. The highest BCUT2D eigenvalue weighted by molar-refractivity contribution is 8.00. The molecule has 5 nitrogen and oxygen atoms in total. The zero-order valence-electron chi connectivity index (χ0n) is 12.2. The minimum Gasteiger partial charge on any atom is -0.464 e. The lowest BCUT2D eigenvalue weighted by molar-refractivity contribution is 0.445. The molecular formula is C13H20N4OS2. The second kappa shape index (κ2) is 7.10. The zero-order valence-corrected chi connectivity index (χ0v) is 13.8. The Morgan fingerprint density at radius 3 is 2.70 bits per heavy atom. The molecule has 0 atom stereocenters. The summed E-state index contributed by atoms with van der Waals surface area (Å²) in [6.45, 7) is 5.01. The predicted octanol–water partition coefficient (Wildman–Crippen LogP) is 2.99. The Labute approximate surface area is 127 Å². The minimum absolute atomic E-state index is 0.462. The molecular weight excluding hydrogens is 292 g/mol. The maximum Gasteiger partial charge on any atom is 0.208 e. The van der Waals surface area contributed by atoms with Gasteiger partial charge in [0.2, 0.25) is 5.13 Å². The van der Waals surface area contributed by atoms with Gasteiger partial charge in [0.15, 0.2) is 4.34 Å². The van der Waals surface area contributed by atoms with E-state index in [0.29, 0.717) is 6.04 Å². The number of nitrogens with zero attached hydrogens (tertiary/aromatic N) is 3. The molecule has 20 heavy (non-hydrogen) atoms. The SMILES string of the molecule is CC(C)NCc1ccc(CSc2nnc(N(C)C)s2)o1. The molecule has 0 spiro atoms. The second-order valence-electron chi connectivity index (χ2n) is 4.94. The Balaban J connectivity index is 1.84. The number of thioether (sulfide) groups is 1. The molecule has 0 bridgehead atoms. The van der Waals surface area contributed by atoms with Crippen LogP contribution in [0.3, 0.4) is 0 Å². The summed E-state index contributed by atoms with van der Waals surface area (Å²) in [6.07, 6.45) is 0. The minimum atomic E-state index is 0.462. The quantitative estimate of drug-likeness (QED) is 0.793. The van der Waals surface area contributed by atoms with Gasteiger partial charge < -0.3 is 14.6 Å². The van der Waals surface area contributed by atoms with Crippen LogP contribution in [0.2, 0.25) is 0 Å². The van der Waals surface area contributed by atoms with E-state index in [9.17, 15) is 0 Å². The molecule has 110 valence electrons. The van der Waals surface area contributed by atoms with Crippen molar-refractivity contribution in [3.63, 3.8) is 0 Å².